The summed E-state index contributed by atoms with van der Waals surface area (Å²) in [6, 6.07) is 0. The lowest BCUT2D eigenvalue weighted by Gasteiger charge is -2.20. The van der Waals surface area contributed by atoms with Gasteiger partial charge in [-0.1, -0.05) is 39.0 Å². The highest BCUT2D eigenvalue weighted by molar-refractivity contribution is 8.15. The van der Waals surface area contributed by atoms with E-state index >= 15 is 0 Å². The third kappa shape index (κ3) is 9.38. The topological polar surface area (TPSA) is 101 Å². The zero-order chi connectivity index (χ0) is 14.2. The van der Waals surface area contributed by atoms with E-state index in [9.17, 15) is 8.42 Å². The maximum atomic E-state index is 11.7. The van der Waals surface area contributed by atoms with Gasteiger partial charge in [0.05, 0.1) is 0 Å². The molecular formula is C9H25N4O2PS2. The summed E-state index contributed by atoms with van der Waals surface area (Å²) in [6.45, 7) is -0.324. The fourth-order valence-corrected chi connectivity index (χ4v) is 4.70. The van der Waals surface area contributed by atoms with Crippen LogP contribution in [0.2, 0.25) is 0 Å². The van der Waals surface area contributed by atoms with Crippen molar-refractivity contribution in [2.75, 3.05) is 13.6 Å². The Morgan fingerprint density at radius 1 is 1.17 bits per heavy atom. The van der Waals surface area contributed by atoms with Crippen molar-refractivity contribution in [3.8, 4) is 0 Å². The molecule has 0 aliphatic heterocycles. The molecule has 0 amide bonds. The number of hydrogen-bond acceptors (Lipinski definition) is 3. The van der Waals surface area contributed by atoms with Gasteiger partial charge in [0, 0.05) is 13.6 Å². The Labute approximate surface area is 116 Å². The van der Waals surface area contributed by atoms with Crippen LogP contribution in [-0.4, -0.2) is 26.3 Å². The highest BCUT2D eigenvalue weighted by atomic mass is 32.5. The van der Waals surface area contributed by atoms with Gasteiger partial charge in [-0.15, -0.1) is 4.49 Å². The van der Waals surface area contributed by atoms with Crippen LogP contribution in [0.1, 0.15) is 45.4 Å². The van der Waals surface area contributed by atoms with E-state index in [0.717, 1.165) is 19.3 Å². The number of unbranched alkanes of at least 4 members (excludes halogenated alkanes) is 5. The second kappa shape index (κ2) is 8.58. The van der Waals surface area contributed by atoms with Gasteiger partial charge in [0.1, 0.15) is 6.49 Å². The lowest BCUT2D eigenvalue weighted by atomic mass is 10.1. The first-order valence-corrected chi connectivity index (χ1v) is 10.5. The summed E-state index contributed by atoms with van der Waals surface area (Å²) in [5, 5.41) is 0. The van der Waals surface area contributed by atoms with Gasteiger partial charge in [-0.3, -0.25) is 11.0 Å². The van der Waals surface area contributed by atoms with Gasteiger partial charge in [-0.25, -0.2) is 0 Å². The average Bonchev–Trinajstić information content (AvgIpc) is 2.19. The van der Waals surface area contributed by atoms with Gasteiger partial charge in [0.25, 0.3) is 10.2 Å². The van der Waals surface area contributed by atoms with Crippen molar-refractivity contribution < 1.29 is 8.42 Å². The van der Waals surface area contributed by atoms with Crippen LogP contribution in [0.5, 0.6) is 0 Å². The van der Waals surface area contributed by atoms with Gasteiger partial charge in [-0.2, -0.15) is 12.7 Å². The molecule has 0 radical (unpaired) electrons. The molecule has 0 saturated carbocycles. The summed E-state index contributed by atoms with van der Waals surface area (Å²) in [6.07, 6.45) is 6.64. The molecule has 0 aromatic carbocycles. The zero-order valence-electron chi connectivity index (χ0n) is 11.1. The van der Waals surface area contributed by atoms with Crippen LogP contribution in [0.3, 0.4) is 0 Å². The molecule has 0 aliphatic carbocycles. The van der Waals surface area contributed by atoms with E-state index in [0.29, 0.717) is 6.54 Å². The van der Waals surface area contributed by atoms with Crippen LogP contribution in [0.4, 0.5) is 0 Å². The standard InChI is InChI=1S/C9H25N4O2PS2/c1-3-4-5-6-7-8-9-13(2)18(14,15)12-16(10,11)17/h3-9H2,1-2H3,(H5,10,11,12,17). The van der Waals surface area contributed by atoms with Crippen molar-refractivity contribution in [2.24, 2.45) is 11.0 Å². The highest BCUT2D eigenvalue weighted by Gasteiger charge is 2.21. The Morgan fingerprint density at radius 2 is 1.67 bits per heavy atom. The van der Waals surface area contributed by atoms with Gasteiger partial charge in [-0.05, 0) is 18.2 Å². The normalized spacial score (nSPS) is 13.2. The second-order valence-electron chi connectivity index (χ2n) is 4.40. The first-order chi connectivity index (χ1) is 8.19. The van der Waals surface area contributed by atoms with E-state index in [1.54, 1.807) is 0 Å². The third-order valence-corrected chi connectivity index (χ3v) is 6.23. The first-order valence-electron chi connectivity index (χ1n) is 6.11. The Hall–Kier alpha value is 0.440. The predicted molar refractivity (Wildman–Crippen MR) is 80.7 cm³/mol. The first kappa shape index (κ1) is 18.4. The van der Waals surface area contributed by atoms with Crippen molar-refractivity contribution >= 4 is 28.5 Å². The van der Waals surface area contributed by atoms with Crippen LogP contribution in [0.25, 0.3) is 0 Å². The van der Waals surface area contributed by atoms with Gasteiger partial charge in [0.15, 0.2) is 0 Å². The maximum Gasteiger partial charge on any atom is 0.285 e. The molecule has 0 atom stereocenters. The van der Waals surface area contributed by atoms with Crippen LogP contribution in [-0.2, 0) is 22.0 Å². The highest BCUT2D eigenvalue weighted by Crippen LogP contribution is 2.21. The number of nitrogens with two attached hydrogens (primary N) is 2. The Kier molecular flexibility index (Phi) is 8.79. The minimum atomic E-state index is -3.64. The van der Waals surface area contributed by atoms with E-state index in [2.05, 4.69) is 23.2 Å². The molecule has 0 bridgehead atoms. The molecular weight excluding hydrogens is 291 g/mol. The molecule has 0 spiro atoms. The molecule has 0 saturated heterocycles. The lowest BCUT2D eigenvalue weighted by Crippen LogP contribution is -2.39. The Morgan fingerprint density at radius 3 is 2.17 bits per heavy atom. The zero-order valence-corrected chi connectivity index (χ0v) is 13.7. The van der Waals surface area contributed by atoms with Crippen LogP contribution >= 0.6 is 6.49 Å². The molecule has 0 aliphatic rings. The molecule has 110 valence electrons. The van der Waals surface area contributed by atoms with Crippen molar-refractivity contribution in [3.63, 3.8) is 0 Å². The number of hydrogen-bond donors (Lipinski definition) is 3. The van der Waals surface area contributed by atoms with Crippen LogP contribution in [0.15, 0.2) is 0 Å². The molecule has 0 aromatic heterocycles. The fourth-order valence-electron chi connectivity index (χ4n) is 1.48. The summed E-state index contributed by atoms with van der Waals surface area (Å²) in [7, 11) is -2.14. The summed E-state index contributed by atoms with van der Waals surface area (Å²) in [5.41, 5.74) is 10.7. The fraction of sp³-hybridized carbons (Fsp3) is 1.00. The van der Waals surface area contributed by atoms with E-state index in [4.69, 9.17) is 11.0 Å². The monoisotopic (exact) mass is 316 g/mol. The maximum absolute atomic E-state index is 11.7. The largest absolute Gasteiger partial charge is 0.285 e. The lowest BCUT2D eigenvalue weighted by molar-refractivity contribution is 0.447. The molecule has 0 aromatic rings. The molecule has 6 nitrogen and oxygen atoms in total. The third-order valence-electron chi connectivity index (χ3n) is 2.49. The molecule has 0 unspecified atom stereocenters. The van der Waals surface area contributed by atoms with Crippen molar-refractivity contribution in [1.82, 2.24) is 8.80 Å². The minimum Gasteiger partial charge on any atom is -0.279 e. The summed E-state index contributed by atoms with van der Waals surface area (Å²) >= 11 is 4.69. The average molecular weight is 316 g/mol. The molecule has 0 heterocycles. The second-order valence-corrected chi connectivity index (χ2v) is 9.93. The van der Waals surface area contributed by atoms with Crippen LogP contribution < -0.4 is 15.5 Å². The van der Waals surface area contributed by atoms with Crippen molar-refractivity contribution in [2.45, 2.75) is 45.4 Å². The van der Waals surface area contributed by atoms with Crippen LogP contribution in [0, 0.1) is 0 Å². The van der Waals surface area contributed by atoms with E-state index in [1.165, 1.54) is 30.6 Å². The summed E-state index contributed by atoms with van der Waals surface area (Å²) < 4.78 is 26.8. The molecule has 18 heavy (non-hydrogen) atoms. The molecule has 0 rings (SSSR count). The molecule has 9 heteroatoms. The smallest absolute Gasteiger partial charge is 0.279 e. The number of nitrogens with zero attached hydrogens (tertiary/aromatic N) is 1. The predicted octanol–water partition coefficient (Wildman–Crippen LogP) is 1.26. The summed E-state index contributed by atoms with van der Waals surface area (Å²) in [5.74, 6) is 0. The SMILES string of the molecule is CCCCCCCCN(C)S(=O)(=O)NP(N)(N)=S. The summed E-state index contributed by atoms with van der Waals surface area (Å²) in [4.78, 5) is 0. The van der Waals surface area contributed by atoms with Gasteiger partial charge >= 0.3 is 0 Å². The Bertz CT molecular complexity index is 369. The number of rotatable bonds is 10. The molecule has 0 fully saturated rings. The van der Waals surface area contributed by atoms with Crippen molar-refractivity contribution in [1.29, 1.82) is 0 Å². The van der Waals surface area contributed by atoms with E-state index in [-0.39, 0.29) is 0 Å². The van der Waals surface area contributed by atoms with Gasteiger partial charge < -0.3 is 0 Å². The van der Waals surface area contributed by atoms with Crippen molar-refractivity contribution in [3.05, 3.63) is 0 Å². The Balaban J connectivity index is 3.94. The minimum absolute atomic E-state index is 0.455. The quantitative estimate of drug-likeness (QED) is 0.416. The molecule has 5 N–H and O–H groups in total. The van der Waals surface area contributed by atoms with E-state index in [1.807, 2.05) is 0 Å². The van der Waals surface area contributed by atoms with Gasteiger partial charge in [0.2, 0.25) is 0 Å². The number of nitrogens with one attached hydrogen (secondary N) is 1. The van der Waals surface area contributed by atoms with E-state index < -0.39 is 16.7 Å².